The van der Waals surface area contributed by atoms with Gasteiger partial charge >= 0.3 is 138 Å². The monoisotopic (exact) mass is 348 g/mol. The van der Waals surface area contributed by atoms with E-state index in [1.54, 1.807) is 11.1 Å². The van der Waals surface area contributed by atoms with Crippen molar-refractivity contribution >= 4 is 12.2 Å². The molecule has 2 aromatic rings. The molecule has 2 aliphatic carbocycles. The van der Waals surface area contributed by atoms with Crippen molar-refractivity contribution in [3.8, 4) is 0 Å². The van der Waals surface area contributed by atoms with E-state index in [0.29, 0.717) is 0 Å². The zero-order valence-electron chi connectivity index (χ0n) is 12.4. The summed E-state index contributed by atoms with van der Waals surface area (Å²) in [6, 6.07) is 13.6. The summed E-state index contributed by atoms with van der Waals surface area (Å²) < 4.78 is 1.45. The normalized spacial score (nSPS) is 21.4. The molecule has 0 bridgehead atoms. The van der Waals surface area contributed by atoms with Crippen LogP contribution in [0.1, 0.15) is 40.6 Å². The Kier molecular flexibility index (Phi) is 3.34. The first-order valence-electron chi connectivity index (χ1n) is 7.55. The Morgan fingerprint density at radius 3 is 1.67 bits per heavy atom. The minimum atomic E-state index is -0.581. The van der Waals surface area contributed by atoms with Crippen LogP contribution in [-0.2, 0) is 23.2 Å². The van der Waals surface area contributed by atoms with Gasteiger partial charge < -0.3 is 0 Å². The van der Waals surface area contributed by atoms with Gasteiger partial charge in [0.2, 0.25) is 0 Å². The molecule has 0 radical (unpaired) electrons. The fourth-order valence-corrected chi connectivity index (χ4v) is 7.57. The third kappa shape index (κ3) is 2.23. The maximum atomic E-state index is 2.46. The third-order valence-corrected chi connectivity index (χ3v) is 8.90. The van der Waals surface area contributed by atoms with Gasteiger partial charge in [-0.1, -0.05) is 0 Å². The first-order chi connectivity index (χ1) is 10.2. The van der Waals surface area contributed by atoms with E-state index >= 15 is 0 Å². The third-order valence-electron chi connectivity index (χ3n) is 4.66. The first-order valence-corrected chi connectivity index (χ1v) is 10.4. The van der Waals surface area contributed by atoms with Gasteiger partial charge in [-0.2, -0.15) is 0 Å². The van der Waals surface area contributed by atoms with Crippen LogP contribution in [-0.4, -0.2) is 0 Å². The van der Waals surface area contributed by atoms with Crippen LogP contribution in [0.2, 0.25) is 0 Å². The van der Waals surface area contributed by atoms with Crippen molar-refractivity contribution in [1.29, 1.82) is 0 Å². The number of rotatable bonds is 2. The molecule has 0 nitrogen and oxygen atoms in total. The van der Waals surface area contributed by atoms with Crippen molar-refractivity contribution in [3.05, 3.63) is 81.9 Å². The summed E-state index contributed by atoms with van der Waals surface area (Å²) in [7, 11) is 0. The van der Waals surface area contributed by atoms with Crippen molar-refractivity contribution in [1.82, 2.24) is 0 Å². The molecule has 2 aromatic carbocycles. The Morgan fingerprint density at radius 2 is 1.19 bits per heavy atom. The van der Waals surface area contributed by atoms with Gasteiger partial charge in [0.15, 0.2) is 0 Å². The summed E-state index contributed by atoms with van der Waals surface area (Å²) in [6.07, 6.45) is 9.63. The van der Waals surface area contributed by atoms with Gasteiger partial charge in [0, 0.05) is 0 Å². The summed E-state index contributed by atoms with van der Waals surface area (Å²) in [5.74, 6) is 0. The second-order valence-corrected chi connectivity index (χ2v) is 9.87. The fourth-order valence-electron chi connectivity index (χ4n) is 3.48. The second-order valence-electron chi connectivity index (χ2n) is 6.00. The Morgan fingerprint density at radius 1 is 0.714 bits per heavy atom. The molecule has 2 unspecified atom stereocenters. The van der Waals surface area contributed by atoms with E-state index in [1.165, 1.54) is 22.3 Å². The second kappa shape index (κ2) is 5.22. The van der Waals surface area contributed by atoms with Gasteiger partial charge in [-0.25, -0.2) is 0 Å². The van der Waals surface area contributed by atoms with E-state index in [1.807, 2.05) is 0 Å². The summed E-state index contributed by atoms with van der Waals surface area (Å²) >= 11 is -0.581. The molecule has 2 aliphatic rings. The molecule has 4 rings (SSSR count). The summed E-state index contributed by atoms with van der Waals surface area (Å²) in [5, 5.41) is 0. The molecular weight excluding hydrogens is 331 g/mol. The molecular formula is C20H18Zr. The number of aryl methyl sites for hydroxylation is 2. The van der Waals surface area contributed by atoms with Crippen molar-refractivity contribution in [2.45, 2.75) is 21.1 Å². The molecule has 0 fully saturated rings. The first kappa shape index (κ1) is 13.5. The van der Waals surface area contributed by atoms with Gasteiger partial charge in [-0.15, -0.1) is 0 Å². The van der Waals surface area contributed by atoms with E-state index in [4.69, 9.17) is 0 Å². The molecule has 0 saturated carbocycles. The van der Waals surface area contributed by atoms with Crippen LogP contribution in [0.5, 0.6) is 0 Å². The van der Waals surface area contributed by atoms with Crippen molar-refractivity contribution in [3.63, 3.8) is 0 Å². The molecule has 0 spiro atoms. The molecule has 0 amide bonds. The standard InChI is InChI=1S/2C10H9.Zr/c2*1-8-4-2-5-9-6-3-7-10(8)9;/h2*2-7H,1H3;. The van der Waals surface area contributed by atoms with Crippen molar-refractivity contribution < 1.29 is 23.2 Å². The molecule has 21 heavy (non-hydrogen) atoms. The minimum absolute atomic E-state index is 0.581. The quantitative estimate of drug-likeness (QED) is 0.697. The number of allylic oxidation sites excluding steroid dienone is 2. The van der Waals surface area contributed by atoms with Crippen LogP contribution in [0.25, 0.3) is 12.2 Å². The zero-order valence-corrected chi connectivity index (χ0v) is 14.9. The van der Waals surface area contributed by atoms with E-state index in [-0.39, 0.29) is 0 Å². The van der Waals surface area contributed by atoms with Gasteiger partial charge in [-0.05, 0) is 0 Å². The average Bonchev–Trinajstić information content (AvgIpc) is 3.07. The zero-order chi connectivity index (χ0) is 14.4. The maximum absolute atomic E-state index is 2.46. The fraction of sp³-hybridized carbons (Fsp3) is 0.200. The van der Waals surface area contributed by atoms with Crippen LogP contribution in [0, 0.1) is 13.8 Å². The van der Waals surface area contributed by atoms with Crippen LogP contribution in [0.4, 0.5) is 0 Å². The molecule has 0 saturated heterocycles. The summed E-state index contributed by atoms with van der Waals surface area (Å²) in [4.78, 5) is 0. The molecule has 2 atom stereocenters. The molecule has 0 aromatic heterocycles. The van der Waals surface area contributed by atoms with E-state index in [9.17, 15) is 0 Å². The van der Waals surface area contributed by atoms with Crippen LogP contribution < -0.4 is 0 Å². The van der Waals surface area contributed by atoms with Crippen molar-refractivity contribution in [2.24, 2.45) is 0 Å². The van der Waals surface area contributed by atoms with E-state index in [2.05, 4.69) is 74.5 Å². The summed E-state index contributed by atoms with van der Waals surface area (Å²) in [5.41, 5.74) is 8.96. The van der Waals surface area contributed by atoms with Crippen LogP contribution in [0.3, 0.4) is 0 Å². The number of hydrogen-bond donors (Lipinski definition) is 0. The molecule has 0 heterocycles. The average molecular weight is 350 g/mol. The van der Waals surface area contributed by atoms with Gasteiger partial charge in [0.05, 0.1) is 0 Å². The predicted octanol–water partition coefficient (Wildman–Crippen LogP) is 5.22. The summed E-state index contributed by atoms with van der Waals surface area (Å²) in [6.45, 7) is 4.45. The van der Waals surface area contributed by atoms with Crippen molar-refractivity contribution in [2.75, 3.05) is 0 Å². The van der Waals surface area contributed by atoms with E-state index in [0.717, 1.165) is 7.25 Å². The molecule has 1 heteroatoms. The van der Waals surface area contributed by atoms with Gasteiger partial charge in [-0.3, -0.25) is 0 Å². The SMILES string of the molecule is Cc1cccc2c1C=C[CH]2[Zr][CH]1C=Cc2c(C)cccc21. The Hall–Kier alpha value is -1.20. The molecule has 0 N–H and O–H groups in total. The molecule has 0 aliphatic heterocycles. The van der Waals surface area contributed by atoms with Gasteiger partial charge in [0.25, 0.3) is 0 Å². The predicted molar refractivity (Wildman–Crippen MR) is 85.9 cm³/mol. The topological polar surface area (TPSA) is 0 Å². The molecule has 102 valence electrons. The van der Waals surface area contributed by atoms with Crippen LogP contribution in [0.15, 0.2) is 48.6 Å². The van der Waals surface area contributed by atoms with Crippen LogP contribution >= 0.6 is 0 Å². The Labute approximate surface area is 138 Å². The Bertz CT molecular complexity index is 702. The number of benzene rings is 2. The van der Waals surface area contributed by atoms with E-state index < -0.39 is 23.2 Å². The Balaban J connectivity index is 1.64. The number of fused-ring (bicyclic) bond motifs is 2. The number of hydrogen-bond acceptors (Lipinski definition) is 0. The van der Waals surface area contributed by atoms with Gasteiger partial charge in [0.1, 0.15) is 0 Å².